The monoisotopic (exact) mass is 350 g/mol. The molecular weight excluding hydrogens is 324 g/mol. The predicted molar refractivity (Wildman–Crippen MR) is 84.6 cm³/mol. The topological polar surface area (TPSA) is 6.25 Å². The Morgan fingerprint density at radius 2 is 1.76 bits per heavy atom. The fourth-order valence-electron chi connectivity index (χ4n) is 3.74. The van der Waals surface area contributed by atoms with E-state index in [0.717, 1.165) is 12.6 Å². The van der Waals surface area contributed by atoms with Crippen molar-refractivity contribution in [2.75, 3.05) is 13.1 Å². The van der Waals surface area contributed by atoms with Crippen molar-refractivity contribution >= 4 is 6.34 Å². The maximum atomic E-state index is 2.57. The first-order chi connectivity index (χ1) is 9.56. The number of hydrogen-bond acceptors (Lipinski definition) is 1. The van der Waals surface area contributed by atoms with Gasteiger partial charge in [0.2, 0.25) is 6.34 Å². The standard InChI is InChI=1S/C18H27N2.BrH/c1-13-9-14(2)16(4)18(15(13)3)11-19-10-17-7-5-6-8-20(17)12-19;/h9,12,17H,5-8,10-11H2,1-4H3;1H/q+1;/p-1. The summed E-state index contributed by atoms with van der Waals surface area (Å²) in [4.78, 5) is 2.57. The van der Waals surface area contributed by atoms with Gasteiger partial charge in [0.1, 0.15) is 19.1 Å². The Morgan fingerprint density at radius 3 is 2.38 bits per heavy atom. The molecule has 0 aliphatic carbocycles. The van der Waals surface area contributed by atoms with Crippen LogP contribution in [0.25, 0.3) is 0 Å². The molecule has 0 amide bonds. The highest BCUT2D eigenvalue weighted by Crippen LogP contribution is 2.24. The first-order valence-corrected chi connectivity index (χ1v) is 7.97. The zero-order chi connectivity index (χ0) is 14.3. The lowest BCUT2D eigenvalue weighted by Crippen LogP contribution is -3.00. The van der Waals surface area contributed by atoms with Crippen LogP contribution < -0.4 is 17.0 Å². The minimum absolute atomic E-state index is 0. The van der Waals surface area contributed by atoms with Crippen molar-refractivity contribution in [3.63, 3.8) is 0 Å². The smallest absolute Gasteiger partial charge is 0.234 e. The molecule has 116 valence electrons. The van der Waals surface area contributed by atoms with Crippen molar-refractivity contribution in [3.8, 4) is 0 Å². The van der Waals surface area contributed by atoms with E-state index in [1.165, 1.54) is 54.6 Å². The zero-order valence-corrected chi connectivity index (χ0v) is 15.3. The molecule has 1 saturated heterocycles. The van der Waals surface area contributed by atoms with E-state index in [-0.39, 0.29) is 17.0 Å². The number of halogens is 1. The SMILES string of the molecule is Cc1cc(C)c(C)c(C[N+]2=CN3CCCCC3C2)c1C.[Br-]. The summed E-state index contributed by atoms with van der Waals surface area (Å²) in [5, 5.41) is 0. The van der Waals surface area contributed by atoms with E-state index in [4.69, 9.17) is 0 Å². The second-order valence-electron chi connectivity index (χ2n) is 6.67. The summed E-state index contributed by atoms with van der Waals surface area (Å²) < 4.78 is 2.53. The average molecular weight is 351 g/mol. The van der Waals surface area contributed by atoms with Crippen LogP contribution in [0.2, 0.25) is 0 Å². The van der Waals surface area contributed by atoms with E-state index in [1.54, 1.807) is 5.56 Å². The van der Waals surface area contributed by atoms with E-state index < -0.39 is 0 Å². The molecule has 2 heterocycles. The van der Waals surface area contributed by atoms with Crippen LogP contribution in [0.4, 0.5) is 0 Å². The number of hydrogen-bond donors (Lipinski definition) is 0. The molecule has 3 rings (SSSR count). The molecule has 3 heteroatoms. The third-order valence-electron chi connectivity index (χ3n) is 5.31. The normalized spacial score (nSPS) is 20.9. The quantitative estimate of drug-likeness (QED) is 0.697. The second kappa shape index (κ2) is 6.51. The largest absolute Gasteiger partial charge is 1.00 e. The molecule has 0 radical (unpaired) electrons. The molecule has 0 N–H and O–H groups in total. The third-order valence-corrected chi connectivity index (χ3v) is 5.31. The maximum Gasteiger partial charge on any atom is 0.234 e. The molecule has 1 fully saturated rings. The number of benzene rings is 1. The first kappa shape index (κ1) is 16.5. The number of piperidine rings is 1. The lowest BCUT2D eigenvalue weighted by Gasteiger charge is -2.21. The first-order valence-electron chi connectivity index (χ1n) is 7.97. The number of fused-ring (bicyclic) bond motifs is 1. The molecule has 0 bridgehead atoms. The van der Waals surface area contributed by atoms with Gasteiger partial charge in [-0.15, -0.1) is 0 Å². The Hall–Kier alpha value is -0.830. The van der Waals surface area contributed by atoms with Crippen molar-refractivity contribution in [1.82, 2.24) is 4.90 Å². The summed E-state index contributed by atoms with van der Waals surface area (Å²) in [5.41, 5.74) is 7.36. The summed E-state index contributed by atoms with van der Waals surface area (Å²) in [6, 6.07) is 3.10. The van der Waals surface area contributed by atoms with E-state index >= 15 is 0 Å². The van der Waals surface area contributed by atoms with Gasteiger partial charge in [0.25, 0.3) is 0 Å². The van der Waals surface area contributed by atoms with E-state index in [2.05, 4.69) is 49.6 Å². The zero-order valence-electron chi connectivity index (χ0n) is 13.7. The minimum atomic E-state index is 0. The Labute approximate surface area is 139 Å². The summed E-state index contributed by atoms with van der Waals surface area (Å²) in [6.45, 7) is 12.6. The Kier molecular flexibility index (Phi) is 5.13. The predicted octanol–water partition coefficient (Wildman–Crippen LogP) is 0.333. The summed E-state index contributed by atoms with van der Waals surface area (Å²) in [6.07, 6.45) is 6.53. The number of rotatable bonds is 2. The molecule has 2 aliphatic rings. The molecule has 0 saturated carbocycles. The van der Waals surface area contributed by atoms with Gasteiger partial charge in [0.05, 0.1) is 6.54 Å². The molecule has 1 atom stereocenters. The van der Waals surface area contributed by atoms with Gasteiger partial charge in [-0.2, -0.15) is 0 Å². The Bertz CT molecular complexity index is 537. The molecule has 1 aromatic carbocycles. The fourth-order valence-corrected chi connectivity index (χ4v) is 3.74. The lowest BCUT2D eigenvalue weighted by atomic mass is 9.94. The van der Waals surface area contributed by atoms with Crippen molar-refractivity contribution in [2.45, 2.75) is 59.5 Å². The van der Waals surface area contributed by atoms with E-state index in [9.17, 15) is 0 Å². The van der Waals surface area contributed by atoms with Crippen molar-refractivity contribution in [3.05, 3.63) is 33.9 Å². The fraction of sp³-hybridized carbons (Fsp3) is 0.611. The molecule has 0 spiro atoms. The highest BCUT2D eigenvalue weighted by atomic mass is 79.9. The van der Waals surface area contributed by atoms with Gasteiger partial charge >= 0.3 is 0 Å². The highest BCUT2D eigenvalue weighted by Gasteiger charge is 2.33. The molecular formula is C18H27BrN2. The van der Waals surface area contributed by atoms with Crippen LogP contribution in [0, 0.1) is 27.7 Å². The van der Waals surface area contributed by atoms with Crippen molar-refractivity contribution < 1.29 is 21.6 Å². The van der Waals surface area contributed by atoms with Crippen LogP contribution in [0.1, 0.15) is 47.1 Å². The maximum absolute atomic E-state index is 2.57. The van der Waals surface area contributed by atoms with Gasteiger partial charge < -0.3 is 17.0 Å². The van der Waals surface area contributed by atoms with Gasteiger partial charge in [0.15, 0.2) is 0 Å². The molecule has 2 nitrogen and oxygen atoms in total. The van der Waals surface area contributed by atoms with Crippen LogP contribution >= 0.6 is 0 Å². The van der Waals surface area contributed by atoms with Gasteiger partial charge in [0, 0.05) is 0 Å². The average Bonchev–Trinajstić information content (AvgIpc) is 2.84. The van der Waals surface area contributed by atoms with Crippen molar-refractivity contribution in [2.24, 2.45) is 0 Å². The van der Waals surface area contributed by atoms with Crippen LogP contribution in [0.3, 0.4) is 0 Å². The summed E-state index contributed by atoms with van der Waals surface area (Å²) in [7, 11) is 0. The molecule has 1 unspecified atom stereocenters. The Balaban J connectivity index is 0.00000161. The Morgan fingerprint density at radius 1 is 1.10 bits per heavy atom. The number of nitrogens with zero attached hydrogens (tertiary/aromatic N) is 2. The van der Waals surface area contributed by atoms with Crippen LogP contribution in [-0.4, -0.2) is 34.9 Å². The van der Waals surface area contributed by atoms with Crippen molar-refractivity contribution in [1.29, 1.82) is 0 Å². The molecule has 0 aromatic heterocycles. The summed E-state index contributed by atoms with van der Waals surface area (Å²) >= 11 is 0. The second-order valence-corrected chi connectivity index (χ2v) is 6.67. The van der Waals surface area contributed by atoms with Gasteiger partial charge in [-0.05, 0) is 74.8 Å². The van der Waals surface area contributed by atoms with Crippen LogP contribution in [-0.2, 0) is 6.54 Å². The summed E-state index contributed by atoms with van der Waals surface area (Å²) in [5.74, 6) is 0. The van der Waals surface area contributed by atoms with Gasteiger partial charge in [-0.25, -0.2) is 0 Å². The third kappa shape index (κ3) is 3.18. The minimum Gasteiger partial charge on any atom is -1.00 e. The van der Waals surface area contributed by atoms with E-state index in [0.29, 0.717) is 0 Å². The molecule has 21 heavy (non-hydrogen) atoms. The number of aryl methyl sites for hydroxylation is 2. The van der Waals surface area contributed by atoms with Gasteiger partial charge in [-0.1, -0.05) is 6.07 Å². The highest BCUT2D eigenvalue weighted by molar-refractivity contribution is 5.52. The van der Waals surface area contributed by atoms with E-state index in [1.807, 2.05) is 0 Å². The molecule has 1 aromatic rings. The van der Waals surface area contributed by atoms with Crippen LogP contribution in [0.15, 0.2) is 6.07 Å². The molecule has 2 aliphatic heterocycles. The van der Waals surface area contributed by atoms with Gasteiger partial charge in [-0.3, -0.25) is 9.48 Å². The lowest BCUT2D eigenvalue weighted by molar-refractivity contribution is -0.533. The van der Waals surface area contributed by atoms with Crippen LogP contribution in [0.5, 0.6) is 0 Å².